The molecule has 5 heteroatoms. The summed E-state index contributed by atoms with van der Waals surface area (Å²) >= 11 is 0. The van der Waals surface area contributed by atoms with Crippen molar-refractivity contribution in [1.29, 1.82) is 0 Å². The highest BCUT2D eigenvalue weighted by Gasteiger charge is 2.20. The average Bonchev–Trinajstić information content (AvgIpc) is 3.31. The first-order valence-electron chi connectivity index (χ1n) is 7.66. The molecule has 3 rings (SSSR count). The largest absolute Gasteiger partial charge is 0.381 e. The van der Waals surface area contributed by atoms with Crippen LogP contribution >= 0.6 is 0 Å². The van der Waals surface area contributed by atoms with E-state index < -0.39 is 0 Å². The van der Waals surface area contributed by atoms with Gasteiger partial charge in [0.15, 0.2) is 5.82 Å². The molecule has 1 saturated heterocycles. The van der Waals surface area contributed by atoms with Crippen LogP contribution in [0.15, 0.2) is 12.1 Å². The fraction of sp³-hybridized carbons (Fsp3) is 0.733. The van der Waals surface area contributed by atoms with Crippen LogP contribution in [0.3, 0.4) is 0 Å². The first-order valence-corrected chi connectivity index (χ1v) is 7.66. The second-order valence-corrected chi connectivity index (χ2v) is 5.97. The second-order valence-electron chi connectivity index (χ2n) is 5.97. The fourth-order valence-electron chi connectivity index (χ4n) is 2.60. The summed E-state index contributed by atoms with van der Waals surface area (Å²) in [7, 11) is 2.10. The summed E-state index contributed by atoms with van der Waals surface area (Å²) in [4.78, 5) is 2.21. The SMILES string of the molecule is CN(CC1CCOCC1)c1ccc(CNC2CC2)nn1. The molecule has 0 spiro atoms. The maximum Gasteiger partial charge on any atom is 0.150 e. The summed E-state index contributed by atoms with van der Waals surface area (Å²) in [6, 6.07) is 4.88. The summed E-state index contributed by atoms with van der Waals surface area (Å²) in [6.45, 7) is 3.67. The number of rotatable bonds is 6. The number of hydrogen-bond acceptors (Lipinski definition) is 5. The van der Waals surface area contributed by atoms with E-state index in [1.54, 1.807) is 0 Å². The van der Waals surface area contributed by atoms with Crippen molar-refractivity contribution in [1.82, 2.24) is 15.5 Å². The second kappa shape index (κ2) is 6.50. The van der Waals surface area contributed by atoms with Crippen LogP contribution in [0.4, 0.5) is 5.82 Å². The Morgan fingerprint density at radius 1 is 1.20 bits per heavy atom. The predicted octanol–water partition coefficient (Wildman–Crippen LogP) is 1.59. The van der Waals surface area contributed by atoms with Gasteiger partial charge < -0.3 is 15.0 Å². The van der Waals surface area contributed by atoms with Crippen LogP contribution in [0.5, 0.6) is 0 Å². The highest BCUT2D eigenvalue weighted by Crippen LogP contribution is 2.20. The molecule has 1 aliphatic carbocycles. The summed E-state index contributed by atoms with van der Waals surface area (Å²) in [6.07, 6.45) is 4.92. The minimum Gasteiger partial charge on any atom is -0.381 e. The molecule has 2 aliphatic rings. The van der Waals surface area contributed by atoms with Gasteiger partial charge in [0.25, 0.3) is 0 Å². The zero-order chi connectivity index (χ0) is 13.8. The van der Waals surface area contributed by atoms with Gasteiger partial charge in [0, 0.05) is 39.4 Å². The van der Waals surface area contributed by atoms with E-state index in [9.17, 15) is 0 Å². The van der Waals surface area contributed by atoms with Crippen molar-refractivity contribution in [3.05, 3.63) is 17.8 Å². The molecule has 1 N–H and O–H groups in total. The molecule has 0 atom stereocenters. The molecule has 110 valence electrons. The Balaban J connectivity index is 1.49. The van der Waals surface area contributed by atoms with Crippen LogP contribution in [0.25, 0.3) is 0 Å². The Bertz CT molecular complexity index is 412. The number of ether oxygens (including phenoxy) is 1. The highest BCUT2D eigenvalue weighted by molar-refractivity contribution is 5.36. The van der Waals surface area contributed by atoms with Crippen LogP contribution in [0.1, 0.15) is 31.4 Å². The van der Waals surface area contributed by atoms with Crippen molar-refractivity contribution >= 4 is 5.82 Å². The molecule has 0 radical (unpaired) electrons. The number of hydrogen-bond donors (Lipinski definition) is 1. The molecule has 2 fully saturated rings. The molecule has 1 aromatic heterocycles. The highest BCUT2D eigenvalue weighted by atomic mass is 16.5. The lowest BCUT2D eigenvalue weighted by atomic mass is 10.00. The maximum atomic E-state index is 5.40. The van der Waals surface area contributed by atoms with E-state index in [0.717, 1.165) is 50.7 Å². The quantitative estimate of drug-likeness (QED) is 0.855. The summed E-state index contributed by atoms with van der Waals surface area (Å²) in [5.74, 6) is 1.68. The molecule has 5 nitrogen and oxygen atoms in total. The predicted molar refractivity (Wildman–Crippen MR) is 78.7 cm³/mol. The molecule has 0 aromatic carbocycles. The Labute approximate surface area is 120 Å². The Morgan fingerprint density at radius 3 is 2.65 bits per heavy atom. The standard InChI is InChI=1S/C15H24N4O/c1-19(11-12-6-8-20-9-7-12)15-5-4-14(17-18-15)10-16-13-2-3-13/h4-5,12-13,16H,2-3,6-11H2,1H3. The molecule has 0 unspecified atom stereocenters. The van der Waals surface area contributed by atoms with Crippen molar-refractivity contribution in [2.75, 3.05) is 31.7 Å². The molecular weight excluding hydrogens is 252 g/mol. The van der Waals surface area contributed by atoms with Gasteiger partial charge in [0.05, 0.1) is 5.69 Å². The Kier molecular flexibility index (Phi) is 4.47. The molecule has 1 saturated carbocycles. The molecule has 0 amide bonds. The van der Waals surface area contributed by atoms with Crippen LogP contribution < -0.4 is 10.2 Å². The maximum absolute atomic E-state index is 5.40. The third-order valence-electron chi connectivity index (χ3n) is 4.12. The lowest BCUT2D eigenvalue weighted by molar-refractivity contribution is 0.0685. The van der Waals surface area contributed by atoms with Gasteiger partial charge >= 0.3 is 0 Å². The van der Waals surface area contributed by atoms with Gasteiger partial charge in [0.2, 0.25) is 0 Å². The van der Waals surface area contributed by atoms with Gasteiger partial charge in [-0.15, -0.1) is 5.10 Å². The zero-order valence-corrected chi connectivity index (χ0v) is 12.2. The smallest absolute Gasteiger partial charge is 0.150 e. The topological polar surface area (TPSA) is 50.3 Å². The molecular formula is C15H24N4O. The molecule has 1 aliphatic heterocycles. The van der Waals surface area contributed by atoms with Crippen molar-refractivity contribution in [3.8, 4) is 0 Å². The van der Waals surface area contributed by atoms with Crippen LogP contribution in [0.2, 0.25) is 0 Å². The zero-order valence-electron chi connectivity index (χ0n) is 12.2. The van der Waals surface area contributed by atoms with E-state index in [0.29, 0.717) is 12.0 Å². The van der Waals surface area contributed by atoms with Gasteiger partial charge in [-0.3, -0.25) is 0 Å². The summed E-state index contributed by atoms with van der Waals surface area (Å²) in [5.41, 5.74) is 1.03. The van der Waals surface area contributed by atoms with Gasteiger partial charge in [-0.1, -0.05) is 0 Å². The van der Waals surface area contributed by atoms with Crippen molar-refractivity contribution in [3.63, 3.8) is 0 Å². The minimum atomic E-state index is 0.715. The monoisotopic (exact) mass is 276 g/mol. The van der Waals surface area contributed by atoms with Crippen molar-refractivity contribution in [2.24, 2.45) is 5.92 Å². The van der Waals surface area contributed by atoms with E-state index in [2.05, 4.69) is 39.6 Å². The van der Waals surface area contributed by atoms with E-state index in [1.807, 2.05) is 0 Å². The van der Waals surface area contributed by atoms with Crippen LogP contribution in [-0.2, 0) is 11.3 Å². The molecule has 20 heavy (non-hydrogen) atoms. The summed E-state index contributed by atoms with van der Waals surface area (Å²) in [5, 5.41) is 12.1. The molecule has 1 aromatic rings. The van der Waals surface area contributed by atoms with E-state index in [1.165, 1.54) is 12.8 Å². The Morgan fingerprint density at radius 2 is 2.00 bits per heavy atom. The third kappa shape index (κ3) is 3.90. The number of nitrogens with one attached hydrogen (secondary N) is 1. The normalized spacial score (nSPS) is 20.1. The lowest BCUT2D eigenvalue weighted by Gasteiger charge is -2.27. The Hall–Kier alpha value is -1.20. The first kappa shape index (κ1) is 13.8. The number of aromatic nitrogens is 2. The summed E-state index contributed by atoms with van der Waals surface area (Å²) < 4.78 is 5.40. The average molecular weight is 276 g/mol. The van der Waals surface area contributed by atoms with Crippen molar-refractivity contribution < 1.29 is 4.74 Å². The first-order chi connectivity index (χ1) is 9.81. The van der Waals surface area contributed by atoms with Crippen molar-refractivity contribution in [2.45, 2.75) is 38.3 Å². The van der Waals surface area contributed by atoms with Gasteiger partial charge in [0.1, 0.15) is 0 Å². The molecule has 2 heterocycles. The van der Waals surface area contributed by atoms with Gasteiger partial charge in [-0.2, -0.15) is 5.10 Å². The van der Waals surface area contributed by atoms with E-state index in [-0.39, 0.29) is 0 Å². The number of nitrogens with zero attached hydrogens (tertiary/aromatic N) is 3. The van der Waals surface area contributed by atoms with E-state index in [4.69, 9.17) is 4.74 Å². The van der Waals surface area contributed by atoms with Gasteiger partial charge in [-0.05, 0) is 43.7 Å². The number of anilines is 1. The van der Waals surface area contributed by atoms with Gasteiger partial charge in [-0.25, -0.2) is 0 Å². The fourth-order valence-corrected chi connectivity index (χ4v) is 2.60. The van der Waals surface area contributed by atoms with Crippen LogP contribution in [-0.4, -0.2) is 43.0 Å². The minimum absolute atomic E-state index is 0.715. The van der Waals surface area contributed by atoms with Crippen LogP contribution in [0, 0.1) is 5.92 Å². The lowest BCUT2D eigenvalue weighted by Crippen LogP contribution is -2.30. The third-order valence-corrected chi connectivity index (χ3v) is 4.12. The molecule has 0 bridgehead atoms. The van der Waals surface area contributed by atoms with E-state index >= 15 is 0 Å².